The van der Waals surface area contributed by atoms with Crippen molar-refractivity contribution in [3.8, 4) is 5.82 Å². The van der Waals surface area contributed by atoms with Gasteiger partial charge in [-0.15, -0.1) is 0 Å². The molecule has 1 saturated heterocycles. The highest BCUT2D eigenvalue weighted by Crippen LogP contribution is 2.54. The summed E-state index contributed by atoms with van der Waals surface area (Å²) in [5.41, 5.74) is 3.23. The third kappa shape index (κ3) is 3.20. The summed E-state index contributed by atoms with van der Waals surface area (Å²) < 4.78 is 40.0. The van der Waals surface area contributed by atoms with Crippen molar-refractivity contribution in [1.29, 1.82) is 0 Å². The number of halogens is 3. The molecule has 1 aliphatic heterocycles. The molecule has 4 aromatic rings. The summed E-state index contributed by atoms with van der Waals surface area (Å²) in [6.07, 6.45) is 2.86. The lowest BCUT2D eigenvalue weighted by molar-refractivity contribution is -0.141. The number of β-lactam (4-membered cyclic amide) rings is 1. The van der Waals surface area contributed by atoms with Gasteiger partial charge in [-0.05, 0) is 61.1 Å². The Morgan fingerprint density at radius 3 is 2.64 bits per heavy atom. The second-order valence-electron chi connectivity index (χ2n) is 8.68. The van der Waals surface area contributed by atoms with E-state index in [0.717, 1.165) is 53.2 Å². The van der Waals surface area contributed by atoms with Gasteiger partial charge in [-0.2, -0.15) is 13.2 Å². The molecule has 1 N–H and O–H groups in total. The molecule has 0 bridgehead atoms. The number of hydrogen-bond acceptors (Lipinski definition) is 4. The molecule has 33 heavy (non-hydrogen) atoms. The van der Waals surface area contributed by atoms with Gasteiger partial charge in [0.2, 0.25) is 5.91 Å². The quantitative estimate of drug-likeness (QED) is 0.460. The SMILES string of the molecule is Cc1cc(-n2cnc(C(F)(F)F)c2)ncc1[C@@H]1C(C2CC2)C(=O)N1c1ccc2[nH]cnc2c1. The van der Waals surface area contributed by atoms with Crippen LogP contribution in [0.25, 0.3) is 16.9 Å². The molecule has 10 heteroatoms. The van der Waals surface area contributed by atoms with Crippen LogP contribution in [0.4, 0.5) is 18.9 Å². The number of nitrogens with one attached hydrogen (secondary N) is 1. The molecule has 1 unspecified atom stereocenters. The summed E-state index contributed by atoms with van der Waals surface area (Å²) in [4.78, 5) is 30.2. The minimum atomic E-state index is -4.51. The molecule has 0 spiro atoms. The van der Waals surface area contributed by atoms with Crippen LogP contribution in [0.2, 0.25) is 0 Å². The maximum atomic E-state index is 13.2. The first-order chi connectivity index (χ1) is 15.8. The van der Waals surface area contributed by atoms with Crippen LogP contribution in [0.1, 0.15) is 35.7 Å². The lowest BCUT2D eigenvalue weighted by Crippen LogP contribution is -2.56. The first kappa shape index (κ1) is 20.0. The normalized spacial score (nSPS) is 21.0. The van der Waals surface area contributed by atoms with Gasteiger partial charge >= 0.3 is 6.18 Å². The second kappa shape index (κ2) is 6.90. The molecule has 1 saturated carbocycles. The number of H-pyrrole nitrogens is 1. The molecule has 1 aliphatic carbocycles. The number of fused-ring (bicyclic) bond motifs is 1. The number of benzene rings is 1. The summed E-state index contributed by atoms with van der Waals surface area (Å²) in [6, 6.07) is 7.25. The number of carbonyl (C=O) groups excluding carboxylic acids is 1. The Labute approximate surface area is 186 Å². The van der Waals surface area contributed by atoms with E-state index in [1.165, 1.54) is 4.57 Å². The van der Waals surface area contributed by atoms with Crippen LogP contribution in [0.15, 0.2) is 49.3 Å². The number of aromatic nitrogens is 5. The predicted octanol–water partition coefficient (Wildman–Crippen LogP) is 4.58. The Morgan fingerprint density at radius 1 is 1.12 bits per heavy atom. The highest BCUT2D eigenvalue weighted by molar-refractivity contribution is 6.04. The number of anilines is 1. The summed E-state index contributed by atoms with van der Waals surface area (Å²) in [6.45, 7) is 1.89. The van der Waals surface area contributed by atoms with Crippen LogP contribution < -0.4 is 4.90 Å². The van der Waals surface area contributed by atoms with Gasteiger partial charge in [-0.25, -0.2) is 15.0 Å². The number of rotatable bonds is 4. The van der Waals surface area contributed by atoms with E-state index < -0.39 is 11.9 Å². The molecule has 2 aliphatic rings. The smallest absolute Gasteiger partial charge is 0.345 e. The van der Waals surface area contributed by atoms with Gasteiger partial charge in [0.25, 0.3) is 0 Å². The van der Waals surface area contributed by atoms with Crippen molar-refractivity contribution in [2.24, 2.45) is 11.8 Å². The number of aromatic amines is 1. The fourth-order valence-electron chi connectivity index (χ4n) is 4.71. The monoisotopic (exact) mass is 452 g/mol. The van der Waals surface area contributed by atoms with Crippen molar-refractivity contribution in [3.05, 3.63) is 66.1 Å². The Hall–Kier alpha value is -3.69. The zero-order chi connectivity index (χ0) is 22.9. The van der Waals surface area contributed by atoms with Crippen LogP contribution in [0.5, 0.6) is 0 Å². The molecule has 1 amide bonds. The Balaban J connectivity index is 1.37. The minimum absolute atomic E-state index is 0.0882. The molecule has 4 heterocycles. The van der Waals surface area contributed by atoms with Gasteiger partial charge in [-0.3, -0.25) is 9.36 Å². The molecule has 0 radical (unpaired) electrons. The zero-order valence-electron chi connectivity index (χ0n) is 17.5. The van der Waals surface area contributed by atoms with Gasteiger partial charge < -0.3 is 9.88 Å². The number of hydrogen-bond donors (Lipinski definition) is 1. The molecule has 3 aromatic heterocycles. The maximum Gasteiger partial charge on any atom is 0.434 e. The number of aryl methyl sites for hydroxylation is 1. The third-order valence-electron chi connectivity index (χ3n) is 6.55. The van der Waals surface area contributed by atoms with E-state index in [9.17, 15) is 18.0 Å². The van der Waals surface area contributed by atoms with Gasteiger partial charge in [0.05, 0.1) is 29.3 Å². The maximum absolute atomic E-state index is 13.2. The standard InChI is InChI=1S/C23H19F3N6O/c1-12-6-19(31-9-18(30-11-31)23(24,25)26)27-8-15(12)21-20(13-2-3-13)22(33)32(21)14-4-5-16-17(7-14)29-10-28-16/h4-11,13,20-21H,2-3H2,1H3,(H,28,29)/t20?,21-/m1/s1. The largest absolute Gasteiger partial charge is 0.434 e. The van der Waals surface area contributed by atoms with E-state index in [-0.39, 0.29) is 17.9 Å². The van der Waals surface area contributed by atoms with Crippen molar-refractivity contribution in [1.82, 2.24) is 24.5 Å². The highest BCUT2D eigenvalue weighted by Gasteiger charge is 2.55. The summed E-state index contributed by atoms with van der Waals surface area (Å²) in [7, 11) is 0. The first-order valence-corrected chi connectivity index (χ1v) is 10.7. The summed E-state index contributed by atoms with van der Waals surface area (Å²) >= 11 is 0. The van der Waals surface area contributed by atoms with Gasteiger partial charge in [0, 0.05) is 18.1 Å². The van der Waals surface area contributed by atoms with Crippen LogP contribution in [0.3, 0.4) is 0 Å². The molecular weight excluding hydrogens is 433 g/mol. The highest BCUT2D eigenvalue weighted by atomic mass is 19.4. The minimum Gasteiger partial charge on any atom is -0.345 e. The zero-order valence-corrected chi connectivity index (χ0v) is 17.5. The van der Waals surface area contributed by atoms with Crippen molar-refractivity contribution in [2.75, 3.05) is 4.90 Å². The topological polar surface area (TPSA) is 79.7 Å². The lowest BCUT2D eigenvalue weighted by atomic mass is 9.78. The van der Waals surface area contributed by atoms with E-state index in [0.29, 0.717) is 11.7 Å². The number of alkyl halides is 3. The second-order valence-corrected chi connectivity index (χ2v) is 8.68. The summed E-state index contributed by atoms with van der Waals surface area (Å²) in [5.74, 6) is 0.675. The Bertz CT molecular complexity index is 1390. The van der Waals surface area contributed by atoms with Crippen molar-refractivity contribution in [3.63, 3.8) is 0 Å². The number of pyridine rings is 1. The van der Waals surface area contributed by atoms with Crippen molar-refractivity contribution >= 4 is 22.6 Å². The van der Waals surface area contributed by atoms with Gasteiger partial charge in [0.1, 0.15) is 12.1 Å². The van der Waals surface area contributed by atoms with Crippen molar-refractivity contribution < 1.29 is 18.0 Å². The molecule has 6 rings (SSSR count). The average Bonchev–Trinajstić information content (AvgIpc) is 3.25. The number of carbonyl (C=O) groups is 1. The van der Waals surface area contributed by atoms with E-state index >= 15 is 0 Å². The van der Waals surface area contributed by atoms with Gasteiger partial charge in [0.15, 0.2) is 5.69 Å². The van der Waals surface area contributed by atoms with Crippen LogP contribution in [-0.4, -0.2) is 30.4 Å². The summed E-state index contributed by atoms with van der Waals surface area (Å²) in [5, 5.41) is 0. The molecule has 2 fully saturated rings. The van der Waals surface area contributed by atoms with E-state index in [1.54, 1.807) is 23.5 Å². The molecular formula is C23H19F3N6O. The fraction of sp³-hybridized carbons (Fsp3) is 0.304. The number of amides is 1. The molecule has 1 aromatic carbocycles. The average molecular weight is 452 g/mol. The Morgan fingerprint density at radius 2 is 1.94 bits per heavy atom. The third-order valence-corrected chi connectivity index (χ3v) is 6.55. The predicted molar refractivity (Wildman–Crippen MR) is 114 cm³/mol. The first-order valence-electron chi connectivity index (χ1n) is 10.7. The molecule has 2 atom stereocenters. The van der Waals surface area contributed by atoms with E-state index in [1.807, 2.05) is 25.1 Å². The fourth-order valence-corrected chi connectivity index (χ4v) is 4.71. The molecule has 168 valence electrons. The number of imidazole rings is 2. The van der Waals surface area contributed by atoms with Crippen LogP contribution in [-0.2, 0) is 11.0 Å². The number of nitrogens with zero attached hydrogens (tertiary/aromatic N) is 5. The molecule has 7 nitrogen and oxygen atoms in total. The Kier molecular flexibility index (Phi) is 4.17. The van der Waals surface area contributed by atoms with Crippen LogP contribution in [0, 0.1) is 18.8 Å². The lowest BCUT2D eigenvalue weighted by Gasteiger charge is -2.48. The van der Waals surface area contributed by atoms with Gasteiger partial charge in [-0.1, -0.05) is 0 Å². The van der Waals surface area contributed by atoms with Crippen molar-refractivity contribution in [2.45, 2.75) is 32.0 Å². The van der Waals surface area contributed by atoms with Crippen LogP contribution >= 0.6 is 0 Å². The van der Waals surface area contributed by atoms with E-state index in [4.69, 9.17) is 0 Å². The van der Waals surface area contributed by atoms with E-state index in [2.05, 4.69) is 19.9 Å².